The molecule has 2 rings (SSSR count). The van der Waals surface area contributed by atoms with Crippen molar-refractivity contribution in [3.05, 3.63) is 47.5 Å². The molecule has 0 saturated carbocycles. The number of aliphatic hydroxyl groups excluding tert-OH is 1. The summed E-state index contributed by atoms with van der Waals surface area (Å²) >= 11 is 0. The number of carbonyl (C=O) groups is 1. The Labute approximate surface area is 113 Å². The Bertz CT molecular complexity index is 680. The van der Waals surface area contributed by atoms with Gasteiger partial charge < -0.3 is 5.11 Å². The molecule has 0 aliphatic rings. The fourth-order valence-corrected chi connectivity index (χ4v) is 1.37. The minimum Gasteiger partial charge on any atom is -0.384 e. The van der Waals surface area contributed by atoms with Crippen molar-refractivity contribution >= 4 is 11.9 Å². The van der Waals surface area contributed by atoms with Gasteiger partial charge in [-0.1, -0.05) is 11.8 Å². The molecule has 1 aromatic heterocycles. The Morgan fingerprint density at radius 3 is 2.90 bits per heavy atom. The van der Waals surface area contributed by atoms with E-state index in [0.29, 0.717) is 0 Å². The first-order chi connectivity index (χ1) is 9.70. The van der Waals surface area contributed by atoms with E-state index in [1.54, 1.807) is 0 Å². The van der Waals surface area contributed by atoms with Crippen LogP contribution in [0.3, 0.4) is 0 Å². The minimum atomic E-state index is -0.647. The third-order valence-electron chi connectivity index (χ3n) is 2.24. The maximum atomic E-state index is 13.7. The van der Waals surface area contributed by atoms with Gasteiger partial charge in [0, 0.05) is 5.56 Å². The highest BCUT2D eigenvalue weighted by Gasteiger charge is 2.10. The van der Waals surface area contributed by atoms with E-state index >= 15 is 0 Å². The molecule has 0 spiro atoms. The van der Waals surface area contributed by atoms with Gasteiger partial charge in [0.1, 0.15) is 12.4 Å². The molecule has 0 bridgehead atoms. The molecule has 0 saturated heterocycles. The summed E-state index contributed by atoms with van der Waals surface area (Å²) in [5.41, 5.74) is 0.206. The van der Waals surface area contributed by atoms with E-state index in [1.165, 1.54) is 24.5 Å². The average Bonchev–Trinajstić information content (AvgIpc) is 2.47. The molecule has 7 heteroatoms. The smallest absolute Gasteiger partial charge is 0.258 e. The van der Waals surface area contributed by atoms with Crippen molar-refractivity contribution in [2.75, 3.05) is 11.9 Å². The van der Waals surface area contributed by atoms with Gasteiger partial charge in [0.15, 0.2) is 0 Å². The third-order valence-corrected chi connectivity index (χ3v) is 2.24. The van der Waals surface area contributed by atoms with E-state index in [4.69, 9.17) is 5.11 Å². The average molecular weight is 272 g/mol. The Kier molecular flexibility index (Phi) is 4.32. The molecular weight excluding hydrogens is 263 g/mol. The van der Waals surface area contributed by atoms with E-state index < -0.39 is 11.7 Å². The monoisotopic (exact) mass is 272 g/mol. The number of anilines is 1. The standard InChI is InChI=1S/C13H9FN4O2/c14-11-8-10(4-3-9(11)2-1-7-19)12(20)17-13-15-5-6-16-18-13/h3-6,8,19H,7H2,(H,15,17,18,20). The number of nitrogens with one attached hydrogen (secondary N) is 1. The van der Waals surface area contributed by atoms with E-state index in [0.717, 1.165) is 6.07 Å². The Hall–Kier alpha value is -2.85. The molecule has 100 valence electrons. The first-order valence-electron chi connectivity index (χ1n) is 5.55. The van der Waals surface area contributed by atoms with Gasteiger partial charge in [-0.15, -0.1) is 5.10 Å². The zero-order valence-corrected chi connectivity index (χ0v) is 10.2. The summed E-state index contributed by atoms with van der Waals surface area (Å²) in [4.78, 5) is 15.6. The Balaban J connectivity index is 2.17. The molecule has 0 unspecified atom stereocenters. The van der Waals surface area contributed by atoms with E-state index in [-0.39, 0.29) is 23.7 Å². The number of aromatic nitrogens is 3. The SMILES string of the molecule is O=C(Nc1nccnn1)c1ccc(C#CCO)c(F)c1. The van der Waals surface area contributed by atoms with Crippen molar-refractivity contribution in [2.24, 2.45) is 0 Å². The molecule has 0 fully saturated rings. The fraction of sp³-hybridized carbons (Fsp3) is 0.0769. The number of hydrogen-bond donors (Lipinski definition) is 2. The van der Waals surface area contributed by atoms with Crippen LogP contribution in [0, 0.1) is 17.7 Å². The minimum absolute atomic E-state index is 0.0297. The molecule has 1 heterocycles. The lowest BCUT2D eigenvalue weighted by molar-refractivity contribution is 0.102. The lowest BCUT2D eigenvalue weighted by Gasteiger charge is -2.03. The van der Waals surface area contributed by atoms with Crippen LogP contribution >= 0.6 is 0 Å². The maximum absolute atomic E-state index is 13.7. The van der Waals surface area contributed by atoms with Crippen LogP contribution in [0.4, 0.5) is 10.3 Å². The van der Waals surface area contributed by atoms with Gasteiger partial charge in [0.2, 0.25) is 5.95 Å². The van der Waals surface area contributed by atoms with Gasteiger partial charge in [-0.2, -0.15) is 5.10 Å². The first kappa shape index (κ1) is 13.6. The number of benzene rings is 1. The number of carbonyl (C=O) groups excluding carboxylic acids is 1. The lowest BCUT2D eigenvalue weighted by atomic mass is 10.1. The summed E-state index contributed by atoms with van der Waals surface area (Å²) in [6.45, 7) is -0.361. The Morgan fingerprint density at radius 1 is 1.40 bits per heavy atom. The second-order valence-corrected chi connectivity index (χ2v) is 3.57. The summed E-state index contributed by atoms with van der Waals surface area (Å²) in [5, 5.41) is 18.1. The van der Waals surface area contributed by atoms with E-state index in [9.17, 15) is 9.18 Å². The number of rotatable bonds is 2. The highest BCUT2D eigenvalue weighted by Crippen LogP contribution is 2.10. The Morgan fingerprint density at radius 2 is 2.25 bits per heavy atom. The maximum Gasteiger partial charge on any atom is 0.258 e. The number of hydrogen-bond acceptors (Lipinski definition) is 5. The second kappa shape index (κ2) is 6.36. The van der Waals surface area contributed by atoms with Gasteiger partial charge >= 0.3 is 0 Å². The summed E-state index contributed by atoms with van der Waals surface area (Å²) < 4.78 is 13.7. The van der Waals surface area contributed by atoms with Crippen LogP contribution in [0.25, 0.3) is 0 Å². The molecule has 20 heavy (non-hydrogen) atoms. The molecule has 2 N–H and O–H groups in total. The van der Waals surface area contributed by atoms with Crippen LogP contribution in [0.5, 0.6) is 0 Å². The van der Waals surface area contributed by atoms with Crippen LogP contribution in [0.1, 0.15) is 15.9 Å². The first-order valence-corrected chi connectivity index (χ1v) is 5.55. The van der Waals surface area contributed by atoms with Crippen LogP contribution in [-0.2, 0) is 0 Å². The van der Waals surface area contributed by atoms with Crippen molar-refractivity contribution in [1.29, 1.82) is 0 Å². The number of halogens is 1. The topological polar surface area (TPSA) is 88.0 Å². The van der Waals surface area contributed by atoms with Crippen molar-refractivity contribution < 1.29 is 14.3 Å². The molecule has 0 aliphatic heterocycles. The summed E-state index contributed by atoms with van der Waals surface area (Å²) in [5.74, 6) is 3.59. The predicted octanol–water partition coefficient (Wildman–Crippen LogP) is 0.607. The molecule has 1 aromatic carbocycles. The normalized spacial score (nSPS) is 9.50. The largest absolute Gasteiger partial charge is 0.384 e. The van der Waals surface area contributed by atoms with Crippen molar-refractivity contribution in [2.45, 2.75) is 0 Å². The second-order valence-electron chi connectivity index (χ2n) is 3.57. The van der Waals surface area contributed by atoms with Crippen LogP contribution < -0.4 is 5.32 Å². The summed E-state index contributed by atoms with van der Waals surface area (Å²) in [7, 11) is 0. The van der Waals surface area contributed by atoms with Gasteiger partial charge in [-0.25, -0.2) is 9.37 Å². The number of nitrogens with zero attached hydrogens (tertiary/aromatic N) is 3. The highest BCUT2D eigenvalue weighted by atomic mass is 19.1. The van der Waals surface area contributed by atoms with Crippen molar-refractivity contribution in [1.82, 2.24) is 15.2 Å². The fourth-order valence-electron chi connectivity index (χ4n) is 1.37. The van der Waals surface area contributed by atoms with Gasteiger partial charge in [-0.05, 0) is 18.2 Å². The van der Waals surface area contributed by atoms with E-state index in [1.807, 2.05) is 0 Å². The number of amides is 1. The quantitative estimate of drug-likeness (QED) is 0.782. The molecule has 0 atom stereocenters. The van der Waals surface area contributed by atoms with Crippen LogP contribution in [-0.4, -0.2) is 32.8 Å². The van der Waals surface area contributed by atoms with Crippen molar-refractivity contribution in [3.8, 4) is 11.8 Å². The summed E-state index contributed by atoms with van der Waals surface area (Å²) in [6.07, 6.45) is 2.74. The van der Waals surface area contributed by atoms with Crippen molar-refractivity contribution in [3.63, 3.8) is 0 Å². The zero-order chi connectivity index (χ0) is 14.4. The third kappa shape index (κ3) is 3.34. The molecule has 6 nitrogen and oxygen atoms in total. The number of aliphatic hydroxyl groups is 1. The van der Waals surface area contributed by atoms with Gasteiger partial charge in [0.05, 0.1) is 18.0 Å². The molecular formula is C13H9FN4O2. The van der Waals surface area contributed by atoms with Gasteiger partial charge in [0.25, 0.3) is 5.91 Å². The zero-order valence-electron chi connectivity index (χ0n) is 10.2. The van der Waals surface area contributed by atoms with Gasteiger partial charge in [-0.3, -0.25) is 10.1 Å². The molecule has 2 aromatic rings. The molecule has 0 radical (unpaired) electrons. The van der Waals surface area contributed by atoms with Crippen LogP contribution in [0.15, 0.2) is 30.6 Å². The molecule has 0 aliphatic carbocycles. The summed E-state index contributed by atoms with van der Waals surface area (Å²) in [6, 6.07) is 3.82. The molecule has 1 amide bonds. The van der Waals surface area contributed by atoms with E-state index in [2.05, 4.69) is 32.3 Å². The predicted molar refractivity (Wildman–Crippen MR) is 68.1 cm³/mol. The highest BCUT2D eigenvalue weighted by molar-refractivity contribution is 6.03. The van der Waals surface area contributed by atoms with Crippen LogP contribution in [0.2, 0.25) is 0 Å². The lowest BCUT2D eigenvalue weighted by Crippen LogP contribution is -2.14.